The van der Waals surface area contributed by atoms with Crippen molar-refractivity contribution in [1.82, 2.24) is 5.32 Å². The SMILES string of the molecule is CCc1ccc(N(CC(=O)NC(c2ccccc2)c2ccccc2)S(=O)(=O)c2ccccc2)cc1. The Morgan fingerprint density at radius 1 is 0.743 bits per heavy atom. The van der Waals surface area contributed by atoms with Crippen molar-refractivity contribution in [2.24, 2.45) is 0 Å². The van der Waals surface area contributed by atoms with E-state index in [0.29, 0.717) is 5.69 Å². The van der Waals surface area contributed by atoms with Crippen molar-refractivity contribution in [2.45, 2.75) is 24.3 Å². The van der Waals surface area contributed by atoms with E-state index in [-0.39, 0.29) is 11.4 Å². The van der Waals surface area contributed by atoms with E-state index in [0.717, 1.165) is 23.1 Å². The fraction of sp³-hybridized carbons (Fsp3) is 0.138. The molecule has 5 nitrogen and oxygen atoms in total. The van der Waals surface area contributed by atoms with Gasteiger partial charge in [-0.05, 0) is 47.4 Å². The quantitative estimate of drug-likeness (QED) is 0.348. The van der Waals surface area contributed by atoms with Crippen molar-refractivity contribution in [1.29, 1.82) is 0 Å². The van der Waals surface area contributed by atoms with Crippen molar-refractivity contribution in [3.8, 4) is 0 Å². The summed E-state index contributed by atoms with van der Waals surface area (Å²) in [6.45, 7) is 1.69. The van der Waals surface area contributed by atoms with E-state index >= 15 is 0 Å². The maximum absolute atomic E-state index is 13.6. The highest BCUT2D eigenvalue weighted by atomic mass is 32.2. The lowest BCUT2D eigenvalue weighted by molar-refractivity contribution is -0.120. The second kappa shape index (κ2) is 11.0. The first kappa shape index (κ1) is 24.2. The van der Waals surface area contributed by atoms with Gasteiger partial charge in [-0.25, -0.2) is 8.42 Å². The maximum atomic E-state index is 13.6. The molecule has 0 aliphatic rings. The largest absolute Gasteiger partial charge is 0.344 e. The summed E-state index contributed by atoms with van der Waals surface area (Å²) in [6, 6.07) is 34.3. The Hall–Kier alpha value is -3.90. The van der Waals surface area contributed by atoms with Crippen LogP contribution < -0.4 is 9.62 Å². The van der Waals surface area contributed by atoms with Crippen LogP contribution in [0.3, 0.4) is 0 Å². The van der Waals surface area contributed by atoms with Crippen LogP contribution in [-0.2, 0) is 21.2 Å². The number of aryl methyl sites for hydroxylation is 1. The summed E-state index contributed by atoms with van der Waals surface area (Å²) < 4.78 is 28.4. The molecular formula is C29H28N2O3S. The van der Waals surface area contributed by atoms with Crippen molar-refractivity contribution < 1.29 is 13.2 Å². The van der Waals surface area contributed by atoms with Gasteiger partial charge < -0.3 is 5.32 Å². The van der Waals surface area contributed by atoms with Gasteiger partial charge in [-0.1, -0.05) is 97.9 Å². The number of nitrogens with zero attached hydrogens (tertiary/aromatic N) is 1. The smallest absolute Gasteiger partial charge is 0.264 e. The summed E-state index contributed by atoms with van der Waals surface area (Å²) >= 11 is 0. The molecule has 4 aromatic carbocycles. The van der Waals surface area contributed by atoms with Gasteiger partial charge in [-0.15, -0.1) is 0 Å². The molecule has 0 fully saturated rings. The third-order valence-corrected chi connectivity index (χ3v) is 7.61. The molecule has 0 radical (unpaired) electrons. The third kappa shape index (κ3) is 5.78. The molecule has 0 bridgehead atoms. The Morgan fingerprint density at radius 2 is 1.23 bits per heavy atom. The first-order valence-electron chi connectivity index (χ1n) is 11.5. The number of rotatable bonds is 9. The van der Waals surface area contributed by atoms with Gasteiger partial charge >= 0.3 is 0 Å². The molecule has 4 aromatic rings. The molecule has 0 aromatic heterocycles. The number of carbonyl (C=O) groups is 1. The van der Waals surface area contributed by atoms with Crippen LogP contribution in [0.25, 0.3) is 0 Å². The molecule has 35 heavy (non-hydrogen) atoms. The lowest BCUT2D eigenvalue weighted by Gasteiger charge is -2.26. The third-order valence-electron chi connectivity index (χ3n) is 5.82. The summed E-state index contributed by atoms with van der Waals surface area (Å²) in [6.07, 6.45) is 0.835. The normalized spacial score (nSPS) is 11.3. The molecule has 0 heterocycles. The van der Waals surface area contributed by atoms with E-state index in [2.05, 4.69) is 5.32 Å². The maximum Gasteiger partial charge on any atom is 0.264 e. The average Bonchev–Trinajstić information content (AvgIpc) is 2.92. The Balaban J connectivity index is 1.67. The number of nitrogens with one attached hydrogen (secondary N) is 1. The van der Waals surface area contributed by atoms with Gasteiger partial charge in [0.15, 0.2) is 0 Å². The first-order chi connectivity index (χ1) is 17.0. The van der Waals surface area contributed by atoms with Crippen LogP contribution in [0.4, 0.5) is 5.69 Å². The van der Waals surface area contributed by atoms with Crippen LogP contribution in [0.5, 0.6) is 0 Å². The van der Waals surface area contributed by atoms with Crippen molar-refractivity contribution in [2.75, 3.05) is 10.8 Å². The number of sulfonamides is 1. The molecule has 4 rings (SSSR count). The van der Waals surface area contributed by atoms with Gasteiger partial charge in [0.1, 0.15) is 6.54 Å². The highest BCUT2D eigenvalue weighted by Crippen LogP contribution is 2.25. The minimum atomic E-state index is -3.96. The molecule has 0 unspecified atom stereocenters. The van der Waals surface area contributed by atoms with Crippen LogP contribution in [0.1, 0.15) is 29.7 Å². The molecule has 1 N–H and O–H groups in total. The highest BCUT2D eigenvalue weighted by molar-refractivity contribution is 7.92. The molecule has 0 aliphatic heterocycles. The number of anilines is 1. The zero-order valence-corrected chi connectivity index (χ0v) is 20.4. The van der Waals surface area contributed by atoms with Gasteiger partial charge in [-0.3, -0.25) is 9.10 Å². The first-order valence-corrected chi connectivity index (χ1v) is 13.0. The lowest BCUT2D eigenvalue weighted by atomic mass is 9.99. The van der Waals surface area contributed by atoms with Gasteiger partial charge in [0.2, 0.25) is 5.91 Å². The van der Waals surface area contributed by atoms with E-state index in [9.17, 15) is 13.2 Å². The minimum Gasteiger partial charge on any atom is -0.344 e. The molecule has 1 amide bonds. The Labute approximate surface area is 207 Å². The molecular weight excluding hydrogens is 456 g/mol. The lowest BCUT2D eigenvalue weighted by Crippen LogP contribution is -2.42. The van der Waals surface area contributed by atoms with E-state index in [4.69, 9.17) is 0 Å². The Bertz CT molecular complexity index is 1300. The summed E-state index contributed by atoms with van der Waals surface area (Å²) in [7, 11) is -3.96. The summed E-state index contributed by atoms with van der Waals surface area (Å²) in [5.41, 5.74) is 3.36. The van der Waals surface area contributed by atoms with Gasteiger partial charge in [0.25, 0.3) is 10.0 Å². The molecule has 0 aliphatic carbocycles. The minimum absolute atomic E-state index is 0.134. The topological polar surface area (TPSA) is 66.5 Å². The number of carbonyl (C=O) groups excluding carboxylic acids is 1. The summed E-state index contributed by atoms with van der Waals surface area (Å²) in [4.78, 5) is 13.5. The van der Waals surface area contributed by atoms with Crippen LogP contribution in [0.15, 0.2) is 120 Å². The second-order valence-corrected chi connectivity index (χ2v) is 10.0. The second-order valence-electron chi connectivity index (χ2n) is 8.17. The van der Waals surface area contributed by atoms with E-state index in [1.807, 2.05) is 79.7 Å². The molecule has 0 spiro atoms. The zero-order chi connectivity index (χ0) is 24.7. The highest BCUT2D eigenvalue weighted by Gasteiger charge is 2.28. The molecule has 0 saturated heterocycles. The van der Waals surface area contributed by atoms with Crippen LogP contribution >= 0.6 is 0 Å². The van der Waals surface area contributed by atoms with Crippen LogP contribution in [0, 0.1) is 0 Å². The monoisotopic (exact) mass is 484 g/mol. The van der Waals surface area contributed by atoms with Crippen LogP contribution in [0.2, 0.25) is 0 Å². The van der Waals surface area contributed by atoms with Crippen molar-refractivity contribution in [3.63, 3.8) is 0 Å². The predicted octanol–water partition coefficient (Wildman–Crippen LogP) is 5.35. The van der Waals surface area contributed by atoms with E-state index in [1.165, 1.54) is 16.4 Å². The molecule has 0 atom stereocenters. The number of amides is 1. The average molecular weight is 485 g/mol. The number of hydrogen-bond acceptors (Lipinski definition) is 3. The van der Waals surface area contributed by atoms with E-state index in [1.54, 1.807) is 30.3 Å². The van der Waals surface area contributed by atoms with Crippen molar-refractivity contribution in [3.05, 3.63) is 132 Å². The fourth-order valence-electron chi connectivity index (χ4n) is 3.92. The van der Waals surface area contributed by atoms with E-state index < -0.39 is 22.0 Å². The Morgan fingerprint density at radius 3 is 1.71 bits per heavy atom. The van der Waals surface area contributed by atoms with Gasteiger partial charge in [-0.2, -0.15) is 0 Å². The molecule has 6 heteroatoms. The van der Waals surface area contributed by atoms with Gasteiger partial charge in [0.05, 0.1) is 16.6 Å². The Kier molecular flexibility index (Phi) is 7.63. The predicted molar refractivity (Wildman–Crippen MR) is 140 cm³/mol. The number of hydrogen-bond donors (Lipinski definition) is 1. The molecule has 178 valence electrons. The summed E-state index contributed by atoms with van der Waals surface area (Å²) in [5.74, 6) is -0.401. The standard InChI is InChI=1S/C29H28N2O3S/c1-2-23-18-20-26(21-19-23)31(35(33,34)27-16-10-5-11-17-27)22-28(32)30-29(24-12-6-3-7-13-24)25-14-8-4-9-15-25/h3-21,29H,2,22H2,1H3,(H,30,32). The zero-order valence-electron chi connectivity index (χ0n) is 19.5. The fourth-order valence-corrected chi connectivity index (χ4v) is 5.36. The van der Waals surface area contributed by atoms with Crippen molar-refractivity contribution >= 4 is 21.6 Å². The number of benzene rings is 4. The van der Waals surface area contributed by atoms with Gasteiger partial charge in [0, 0.05) is 0 Å². The molecule has 0 saturated carbocycles. The summed E-state index contributed by atoms with van der Waals surface area (Å²) in [5, 5.41) is 3.05. The van der Waals surface area contributed by atoms with Crippen LogP contribution in [-0.4, -0.2) is 20.9 Å².